The minimum atomic E-state index is -0.929. The number of aliphatic carboxylic acids is 1. The molecule has 3 atom stereocenters. The Morgan fingerprint density at radius 1 is 1.33 bits per heavy atom. The Morgan fingerprint density at radius 2 is 2.10 bits per heavy atom. The highest BCUT2D eigenvalue weighted by Crippen LogP contribution is 2.34. The molecule has 0 bridgehead atoms. The summed E-state index contributed by atoms with van der Waals surface area (Å²) in [5.74, 6) is -1.06. The predicted octanol–water partition coefficient (Wildman–Crippen LogP) is 1.42. The molecule has 1 fully saturated rings. The van der Waals surface area contributed by atoms with Crippen LogP contribution in [0.5, 0.6) is 0 Å². The number of amides is 1. The van der Waals surface area contributed by atoms with Gasteiger partial charge in [-0.3, -0.25) is 9.69 Å². The van der Waals surface area contributed by atoms with Crippen molar-refractivity contribution in [3.05, 3.63) is 29.8 Å². The molecule has 1 aromatic rings. The van der Waals surface area contributed by atoms with Gasteiger partial charge in [0.15, 0.2) is 0 Å². The average Bonchev–Trinajstić information content (AvgIpc) is 2.86. The fraction of sp³-hybridized carbons (Fsp3) is 0.500. The Balaban J connectivity index is 1.90. The number of para-hydroxylation sites is 1. The van der Waals surface area contributed by atoms with Gasteiger partial charge < -0.3 is 10.4 Å². The van der Waals surface area contributed by atoms with Crippen molar-refractivity contribution < 1.29 is 14.7 Å². The number of piperidine rings is 1. The first-order chi connectivity index (χ1) is 10.1. The van der Waals surface area contributed by atoms with Crippen molar-refractivity contribution in [3.8, 4) is 0 Å². The van der Waals surface area contributed by atoms with Gasteiger partial charge in [-0.05, 0) is 37.9 Å². The first-order valence-electron chi connectivity index (χ1n) is 7.45. The summed E-state index contributed by atoms with van der Waals surface area (Å²) in [7, 11) is 0. The number of anilines is 1. The van der Waals surface area contributed by atoms with Gasteiger partial charge in [0.1, 0.15) is 6.04 Å². The molecule has 2 heterocycles. The zero-order chi connectivity index (χ0) is 15.0. The van der Waals surface area contributed by atoms with Crippen LogP contribution >= 0.6 is 0 Å². The molecule has 1 amide bonds. The molecule has 0 saturated carbocycles. The fourth-order valence-electron chi connectivity index (χ4n) is 3.41. The Hall–Kier alpha value is -1.88. The molecule has 5 heteroatoms. The highest BCUT2D eigenvalue weighted by atomic mass is 16.4. The zero-order valence-electron chi connectivity index (χ0n) is 12.1. The van der Waals surface area contributed by atoms with Gasteiger partial charge >= 0.3 is 5.97 Å². The summed E-state index contributed by atoms with van der Waals surface area (Å²) in [6.07, 6.45) is 1.94. The van der Waals surface area contributed by atoms with E-state index in [0.29, 0.717) is 12.5 Å². The molecule has 0 spiro atoms. The van der Waals surface area contributed by atoms with Gasteiger partial charge in [0.25, 0.3) is 0 Å². The minimum Gasteiger partial charge on any atom is -0.480 e. The molecule has 0 aliphatic carbocycles. The van der Waals surface area contributed by atoms with Crippen LogP contribution < -0.4 is 10.2 Å². The molecular weight excluding hydrogens is 268 g/mol. The molecule has 112 valence electrons. The number of carboxylic acids is 1. The smallest absolute Gasteiger partial charge is 0.327 e. The average molecular weight is 288 g/mol. The maximum absolute atomic E-state index is 12.9. The lowest BCUT2D eigenvalue weighted by Gasteiger charge is -2.32. The topological polar surface area (TPSA) is 69.6 Å². The van der Waals surface area contributed by atoms with Gasteiger partial charge in [-0.25, -0.2) is 4.79 Å². The number of nitrogens with zero attached hydrogens (tertiary/aromatic N) is 1. The molecule has 0 aromatic heterocycles. The molecule has 3 rings (SSSR count). The summed E-state index contributed by atoms with van der Waals surface area (Å²) < 4.78 is 0. The van der Waals surface area contributed by atoms with Crippen LogP contribution in [0.2, 0.25) is 0 Å². The molecular formula is C16H20N2O3. The van der Waals surface area contributed by atoms with E-state index in [9.17, 15) is 14.7 Å². The number of carbonyl (C=O) groups is 2. The molecule has 0 radical (unpaired) electrons. The van der Waals surface area contributed by atoms with Gasteiger partial charge in [0.2, 0.25) is 5.91 Å². The van der Waals surface area contributed by atoms with Crippen LogP contribution in [-0.4, -0.2) is 35.6 Å². The fourth-order valence-corrected chi connectivity index (χ4v) is 3.41. The SMILES string of the molecule is CC1CC(C(=O)N2c3ccccc3C[C@H]2C(=O)O)CCN1. The summed E-state index contributed by atoms with van der Waals surface area (Å²) in [5.41, 5.74) is 1.71. The molecule has 21 heavy (non-hydrogen) atoms. The number of hydrogen-bond acceptors (Lipinski definition) is 3. The van der Waals surface area contributed by atoms with E-state index in [1.54, 1.807) is 0 Å². The molecule has 1 saturated heterocycles. The Morgan fingerprint density at radius 3 is 2.81 bits per heavy atom. The standard InChI is InChI=1S/C16H20N2O3/c1-10-8-12(6-7-17-10)15(19)18-13-5-3-2-4-11(13)9-14(18)16(20)21/h2-5,10,12,14,17H,6-9H2,1H3,(H,20,21)/t10?,12?,14-/m0/s1. The van der Waals surface area contributed by atoms with E-state index < -0.39 is 12.0 Å². The van der Waals surface area contributed by atoms with Crippen LogP contribution in [0.1, 0.15) is 25.3 Å². The maximum atomic E-state index is 12.9. The van der Waals surface area contributed by atoms with Gasteiger partial charge in [-0.1, -0.05) is 18.2 Å². The van der Waals surface area contributed by atoms with Crippen molar-refractivity contribution in [1.29, 1.82) is 0 Å². The molecule has 2 aliphatic rings. The van der Waals surface area contributed by atoms with E-state index in [0.717, 1.165) is 30.6 Å². The third-order valence-electron chi connectivity index (χ3n) is 4.47. The van der Waals surface area contributed by atoms with Crippen molar-refractivity contribution in [2.45, 2.75) is 38.3 Å². The number of nitrogens with one attached hydrogen (secondary N) is 1. The molecule has 1 aromatic carbocycles. The summed E-state index contributed by atoms with van der Waals surface area (Å²) in [6, 6.07) is 7.03. The van der Waals surface area contributed by atoms with Crippen molar-refractivity contribution in [3.63, 3.8) is 0 Å². The quantitative estimate of drug-likeness (QED) is 0.863. The van der Waals surface area contributed by atoms with Crippen LogP contribution in [-0.2, 0) is 16.0 Å². The van der Waals surface area contributed by atoms with Crippen LogP contribution in [0.3, 0.4) is 0 Å². The summed E-state index contributed by atoms with van der Waals surface area (Å²) >= 11 is 0. The second-order valence-electron chi connectivity index (χ2n) is 5.97. The van der Waals surface area contributed by atoms with Crippen LogP contribution in [0.4, 0.5) is 5.69 Å². The van der Waals surface area contributed by atoms with E-state index >= 15 is 0 Å². The van der Waals surface area contributed by atoms with E-state index in [-0.39, 0.29) is 11.8 Å². The monoisotopic (exact) mass is 288 g/mol. The lowest BCUT2D eigenvalue weighted by atomic mass is 9.91. The van der Waals surface area contributed by atoms with Crippen molar-refractivity contribution in [2.75, 3.05) is 11.4 Å². The number of fused-ring (bicyclic) bond motifs is 1. The Labute approximate surface area is 123 Å². The first kappa shape index (κ1) is 14.1. The van der Waals surface area contributed by atoms with Crippen LogP contribution in [0, 0.1) is 5.92 Å². The first-order valence-corrected chi connectivity index (χ1v) is 7.45. The zero-order valence-corrected chi connectivity index (χ0v) is 12.1. The molecule has 2 aliphatic heterocycles. The third kappa shape index (κ3) is 2.53. The number of benzene rings is 1. The van der Waals surface area contributed by atoms with E-state index in [2.05, 4.69) is 12.2 Å². The van der Waals surface area contributed by atoms with Gasteiger partial charge in [-0.15, -0.1) is 0 Å². The predicted molar refractivity (Wildman–Crippen MR) is 79.2 cm³/mol. The van der Waals surface area contributed by atoms with Crippen molar-refractivity contribution in [1.82, 2.24) is 5.32 Å². The van der Waals surface area contributed by atoms with E-state index in [1.807, 2.05) is 24.3 Å². The highest BCUT2D eigenvalue weighted by Gasteiger charge is 2.41. The summed E-state index contributed by atoms with van der Waals surface area (Å²) in [6.45, 7) is 2.87. The summed E-state index contributed by atoms with van der Waals surface area (Å²) in [4.78, 5) is 25.9. The van der Waals surface area contributed by atoms with E-state index in [1.165, 1.54) is 4.90 Å². The minimum absolute atomic E-state index is 0.0410. The summed E-state index contributed by atoms with van der Waals surface area (Å²) in [5, 5.41) is 12.8. The maximum Gasteiger partial charge on any atom is 0.327 e. The lowest BCUT2D eigenvalue weighted by Crippen LogP contribution is -2.49. The Bertz CT molecular complexity index is 572. The number of hydrogen-bond donors (Lipinski definition) is 2. The second-order valence-corrected chi connectivity index (χ2v) is 5.97. The van der Waals surface area contributed by atoms with Gasteiger partial charge in [-0.2, -0.15) is 0 Å². The van der Waals surface area contributed by atoms with Crippen molar-refractivity contribution >= 4 is 17.6 Å². The molecule has 2 unspecified atom stereocenters. The second kappa shape index (κ2) is 5.48. The van der Waals surface area contributed by atoms with Crippen LogP contribution in [0.15, 0.2) is 24.3 Å². The number of rotatable bonds is 2. The molecule has 2 N–H and O–H groups in total. The van der Waals surface area contributed by atoms with Gasteiger partial charge in [0.05, 0.1) is 0 Å². The Kier molecular flexibility index (Phi) is 3.68. The lowest BCUT2D eigenvalue weighted by molar-refractivity contribution is -0.140. The number of carboxylic acid groups (broad SMARTS) is 1. The molecule has 5 nitrogen and oxygen atoms in total. The largest absolute Gasteiger partial charge is 0.480 e. The van der Waals surface area contributed by atoms with Crippen molar-refractivity contribution in [2.24, 2.45) is 5.92 Å². The van der Waals surface area contributed by atoms with Crippen LogP contribution in [0.25, 0.3) is 0 Å². The van der Waals surface area contributed by atoms with Gasteiger partial charge in [0, 0.05) is 24.1 Å². The highest BCUT2D eigenvalue weighted by molar-refractivity contribution is 6.03. The number of carbonyl (C=O) groups excluding carboxylic acids is 1. The van der Waals surface area contributed by atoms with E-state index in [4.69, 9.17) is 0 Å². The third-order valence-corrected chi connectivity index (χ3v) is 4.47. The normalized spacial score (nSPS) is 28.2.